The highest BCUT2D eigenvalue weighted by molar-refractivity contribution is 9.10. The Morgan fingerprint density at radius 1 is 1.67 bits per heavy atom. The number of amides is 1. The van der Waals surface area contributed by atoms with Crippen LogP contribution in [0.3, 0.4) is 0 Å². The summed E-state index contributed by atoms with van der Waals surface area (Å²) in [5.41, 5.74) is 5.86. The zero-order valence-corrected chi connectivity index (χ0v) is 10.6. The number of nitrogens with two attached hydrogens (primary N) is 1. The quantitative estimate of drug-likeness (QED) is 0.897. The van der Waals surface area contributed by atoms with Gasteiger partial charge in [0.05, 0.1) is 10.6 Å². The third-order valence-corrected chi connectivity index (χ3v) is 3.22. The van der Waals surface area contributed by atoms with Crippen molar-refractivity contribution in [3.63, 3.8) is 0 Å². The smallest absolute Gasteiger partial charge is 0.253 e. The zero-order chi connectivity index (χ0) is 11.4. The Morgan fingerprint density at radius 3 is 2.93 bits per heavy atom. The van der Waals surface area contributed by atoms with Gasteiger partial charge in [0.15, 0.2) is 0 Å². The molecule has 0 fully saturated rings. The molecule has 15 heavy (non-hydrogen) atoms. The molecule has 0 saturated heterocycles. The van der Waals surface area contributed by atoms with E-state index in [-0.39, 0.29) is 11.9 Å². The highest BCUT2D eigenvalue weighted by Crippen LogP contribution is 2.25. The fourth-order valence-electron chi connectivity index (χ4n) is 1.04. The number of nitrogens with one attached hydrogen (secondary N) is 1. The van der Waals surface area contributed by atoms with Crippen LogP contribution in [0.4, 0.5) is 0 Å². The predicted molar refractivity (Wildman–Crippen MR) is 65.1 cm³/mol. The molecule has 0 radical (unpaired) electrons. The van der Waals surface area contributed by atoms with Crippen LogP contribution in [0.5, 0.6) is 0 Å². The van der Waals surface area contributed by atoms with Gasteiger partial charge in [0.25, 0.3) is 5.91 Å². The summed E-state index contributed by atoms with van der Waals surface area (Å²) in [4.78, 5) is 11.7. The summed E-state index contributed by atoms with van der Waals surface area (Å²) in [6, 6.07) is 5.15. The molecular weight excluding hydrogens is 279 g/mol. The molecule has 1 amide bonds. The van der Waals surface area contributed by atoms with Crippen molar-refractivity contribution in [2.24, 2.45) is 5.73 Å². The van der Waals surface area contributed by atoms with Crippen LogP contribution >= 0.6 is 27.5 Å². The molecule has 0 spiro atoms. The first-order valence-corrected chi connectivity index (χ1v) is 5.68. The molecule has 0 saturated carbocycles. The molecule has 1 atom stereocenters. The largest absolute Gasteiger partial charge is 0.348 e. The standard InChI is InChI=1S/C10H12BrClN2O/c1-6(5-13)14-10(15)7-3-2-4-8(11)9(7)12/h2-4,6H,5,13H2,1H3,(H,14,15)/t6-/m1/s1. The van der Waals surface area contributed by atoms with Gasteiger partial charge in [-0.2, -0.15) is 0 Å². The Morgan fingerprint density at radius 2 is 2.33 bits per heavy atom. The average molecular weight is 292 g/mol. The van der Waals surface area contributed by atoms with E-state index in [1.165, 1.54) is 0 Å². The van der Waals surface area contributed by atoms with E-state index in [1.807, 2.05) is 6.92 Å². The normalized spacial score (nSPS) is 12.3. The maximum atomic E-state index is 11.7. The van der Waals surface area contributed by atoms with Gasteiger partial charge in [0, 0.05) is 17.1 Å². The second kappa shape index (κ2) is 5.49. The van der Waals surface area contributed by atoms with E-state index in [4.69, 9.17) is 17.3 Å². The number of halogens is 2. The van der Waals surface area contributed by atoms with Gasteiger partial charge >= 0.3 is 0 Å². The van der Waals surface area contributed by atoms with E-state index in [1.54, 1.807) is 18.2 Å². The number of carbonyl (C=O) groups is 1. The molecule has 1 aromatic rings. The van der Waals surface area contributed by atoms with Gasteiger partial charge < -0.3 is 11.1 Å². The predicted octanol–water partition coefficient (Wildman–Crippen LogP) is 2.18. The lowest BCUT2D eigenvalue weighted by atomic mass is 10.2. The number of carbonyl (C=O) groups excluding carboxylic acids is 1. The summed E-state index contributed by atoms with van der Waals surface area (Å²) >= 11 is 9.24. The molecule has 0 aliphatic heterocycles. The van der Waals surface area contributed by atoms with Crippen LogP contribution in [0, 0.1) is 0 Å². The number of benzene rings is 1. The molecule has 82 valence electrons. The van der Waals surface area contributed by atoms with Gasteiger partial charge in [-0.15, -0.1) is 0 Å². The summed E-state index contributed by atoms with van der Waals surface area (Å²) in [6.45, 7) is 2.24. The van der Waals surface area contributed by atoms with E-state index in [0.29, 0.717) is 21.6 Å². The summed E-state index contributed by atoms with van der Waals surface area (Å²) in [5, 5.41) is 3.16. The second-order valence-electron chi connectivity index (χ2n) is 3.21. The molecule has 0 aliphatic rings. The maximum Gasteiger partial charge on any atom is 0.253 e. The number of hydrogen-bond acceptors (Lipinski definition) is 2. The maximum absolute atomic E-state index is 11.7. The molecule has 3 nitrogen and oxygen atoms in total. The molecule has 0 heterocycles. The van der Waals surface area contributed by atoms with Crippen molar-refractivity contribution in [2.45, 2.75) is 13.0 Å². The first-order chi connectivity index (χ1) is 7.06. The Bertz CT molecular complexity index is 370. The van der Waals surface area contributed by atoms with Gasteiger partial charge in [-0.1, -0.05) is 17.7 Å². The van der Waals surface area contributed by atoms with Crippen molar-refractivity contribution in [3.8, 4) is 0 Å². The fourth-order valence-corrected chi connectivity index (χ4v) is 1.62. The lowest BCUT2D eigenvalue weighted by Crippen LogP contribution is -2.37. The van der Waals surface area contributed by atoms with Gasteiger partial charge in [0.2, 0.25) is 0 Å². The molecule has 1 rings (SSSR count). The molecule has 3 N–H and O–H groups in total. The highest BCUT2D eigenvalue weighted by atomic mass is 79.9. The first kappa shape index (κ1) is 12.5. The summed E-state index contributed by atoms with van der Waals surface area (Å²) < 4.78 is 0.706. The van der Waals surface area contributed by atoms with Crippen LogP contribution in [0.1, 0.15) is 17.3 Å². The van der Waals surface area contributed by atoms with Gasteiger partial charge in [-0.25, -0.2) is 0 Å². The van der Waals surface area contributed by atoms with E-state index >= 15 is 0 Å². The third kappa shape index (κ3) is 3.19. The number of rotatable bonds is 3. The monoisotopic (exact) mass is 290 g/mol. The van der Waals surface area contributed by atoms with Crippen molar-refractivity contribution in [1.29, 1.82) is 0 Å². The van der Waals surface area contributed by atoms with E-state index in [2.05, 4.69) is 21.2 Å². The molecule has 5 heteroatoms. The Labute approximate surface area is 102 Å². The molecule has 1 aromatic carbocycles. The zero-order valence-electron chi connectivity index (χ0n) is 8.26. The Balaban J connectivity index is 2.87. The van der Waals surface area contributed by atoms with Crippen molar-refractivity contribution >= 4 is 33.4 Å². The molecule has 0 aliphatic carbocycles. The Hall–Kier alpha value is -0.580. The molecule has 0 bridgehead atoms. The van der Waals surface area contributed by atoms with E-state index < -0.39 is 0 Å². The Kier molecular flexibility index (Phi) is 4.57. The van der Waals surface area contributed by atoms with Crippen molar-refractivity contribution in [3.05, 3.63) is 33.3 Å². The molecule has 0 unspecified atom stereocenters. The van der Waals surface area contributed by atoms with Crippen molar-refractivity contribution in [1.82, 2.24) is 5.32 Å². The van der Waals surface area contributed by atoms with E-state index in [0.717, 1.165) is 0 Å². The van der Waals surface area contributed by atoms with Crippen LogP contribution < -0.4 is 11.1 Å². The minimum absolute atomic E-state index is 0.0625. The summed E-state index contributed by atoms with van der Waals surface area (Å²) in [5.74, 6) is -0.209. The third-order valence-electron chi connectivity index (χ3n) is 1.93. The van der Waals surface area contributed by atoms with Gasteiger partial charge in [-0.05, 0) is 35.0 Å². The lowest BCUT2D eigenvalue weighted by Gasteiger charge is -2.12. The van der Waals surface area contributed by atoms with Crippen molar-refractivity contribution < 1.29 is 4.79 Å². The topological polar surface area (TPSA) is 55.1 Å². The SMILES string of the molecule is C[C@H](CN)NC(=O)c1cccc(Br)c1Cl. The average Bonchev–Trinajstić information content (AvgIpc) is 2.21. The first-order valence-electron chi connectivity index (χ1n) is 4.51. The minimum Gasteiger partial charge on any atom is -0.348 e. The van der Waals surface area contributed by atoms with Crippen molar-refractivity contribution in [2.75, 3.05) is 6.54 Å². The highest BCUT2D eigenvalue weighted by Gasteiger charge is 2.13. The van der Waals surface area contributed by atoms with Gasteiger partial charge in [-0.3, -0.25) is 4.79 Å². The number of hydrogen-bond donors (Lipinski definition) is 2. The van der Waals surface area contributed by atoms with Crippen LogP contribution in [-0.4, -0.2) is 18.5 Å². The lowest BCUT2D eigenvalue weighted by molar-refractivity contribution is 0.0941. The van der Waals surface area contributed by atoms with E-state index in [9.17, 15) is 4.79 Å². The minimum atomic E-state index is -0.209. The van der Waals surface area contributed by atoms with Crippen LogP contribution in [0.25, 0.3) is 0 Å². The fraction of sp³-hybridized carbons (Fsp3) is 0.300. The summed E-state index contributed by atoms with van der Waals surface area (Å²) in [7, 11) is 0. The van der Waals surface area contributed by atoms with Crippen LogP contribution in [0.2, 0.25) is 5.02 Å². The summed E-state index contributed by atoms with van der Waals surface area (Å²) in [6.07, 6.45) is 0. The van der Waals surface area contributed by atoms with Crippen LogP contribution in [0.15, 0.2) is 22.7 Å². The van der Waals surface area contributed by atoms with Crippen LogP contribution in [-0.2, 0) is 0 Å². The molecule has 0 aromatic heterocycles. The second-order valence-corrected chi connectivity index (χ2v) is 4.44. The molecular formula is C10H12BrClN2O. The van der Waals surface area contributed by atoms with Gasteiger partial charge in [0.1, 0.15) is 0 Å².